The van der Waals surface area contributed by atoms with Gasteiger partial charge in [-0.2, -0.15) is 0 Å². The molecule has 0 saturated carbocycles. The number of hydrogen-bond donors (Lipinski definition) is 0. The van der Waals surface area contributed by atoms with Crippen LogP contribution in [0.15, 0.2) is 18.3 Å². The van der Waals surface area contributed by atoms with E-state index in [9.17, 15) is 0 Å². The molecule has 0 aliphatic carbocycles. The van der Waals surface area contributed by atoms with Gasteiger partial charge in [0.25, 0.3) is 0 Å². The molecule has 60 valence electrons. The van der Waals surface area contributed by atoms with E-state index in [0.717, 1.165) is 3.70 Å². The van der Waals surface area contributed by atoms with Crippen LogP contribution in [0, 0.1) is 3.70 Å². The molecule has 0 spiro atoms. The second-order valence-corrected chi connectivity index (χ2v) is 4.61. The summed E-state index contributed by atoms with van der Waals surface area (Å²) in [7, 11) is 0. The highest BCUT2D eigenvalue weighted by Gasteiger charge is 2.16. The zero-order valence-electron chi connectivity index (χ0n) is 7.06. The highest BCUT2D eigenvalue weighted by atomic mass is 127. The van der Waals surface area contributed by atoms with Gasteiger partial charge in [-0.25, -0.2) is 0 Å². The number of rotatable bonds is 0. The molecular formula is C9H12IN. The van der Waals surface area contributed by atoms with Crippen molar-refractivity contribution in [3.05, 3.63) is 27.6 Å². The highest BCUT2D eigenvalue weighted by molar-refractivity contribution is 14.1. The maximum absolute atomic E-state index is 4.23. The summed E-state index contributed by atoms with van der Waals surface area (Å²) in [5.74, 6) is 0. The van der Waals surface area contributed by atoms with E-state index < -0.39 is 0 Å². The average Bonchev–Trinajstić information content (AvgIpc) is 1.86. The minimum absolute atomic E-state index is 0.213. The summed E-state index contributed by atoms with van der Waals surface area (Å²) in [6.07, 6.45) is 1.83. The number of halogens is 1. The predicted octanol–water partition coefficient (Wildman–Crippen LogP) is 2.98. The van der Waals surface area contributed by atoms with E-state index in [1.54, 1.807) is 0 Å². The molecule has 1 nitrogen and oxygen atoms in total. The van der Waals surface area contributed by atoms with Crippen molar-refractivity contribution in [2.24, 2.45) is 0 Å². The van der Waals surface area contributed by atoms with Gasteiger partial charge in [-0.3, -0.25) is 4.98 Å². The number of aromatic nitrogens is 1. The summed E-state index contributed by atoms with van der Waals surface area (Å²) < 4.78 is 1.11. The topological polar surface area (TPSA) is 12.9 Å². The molecule has 1 heterocycles. The molecule has 0 saturated heterocycles. The van der Waals surface area contributed by atoms with Crippen molar-refractivity contribution >= 4 is 22.6 Å². The van der Waals surface area contributed by atoms with Gasteiger partial charge in [-0.15, -0.1) is 0 Å². The molecule has 0 N–H and O–H groups in total. The fraction of sp³-hybridized carbons (Fsp3) is 0.444. The van der Waals surface area contributed by atoms with Crippen LogP contribution < -0.4 is 0 Å². The molecule has 2 heteroatoms. The quantitative estimate of drug-likeness (QED) is 0.516. The molecule has 1 aromatic heterocycles. The van der Waals surface area contributed by atoms with Crippen LogP contribution in [-0.2, 0) is 5.41 Å². The number of nitrogens with zero attached hydrogens (tertiary/aromatic N) is 1. The third kappa shape index (κ3) is 2.15. The molecule has 0 bridgehead atoms. The Bertz CT molecular complexity index is 250. The second-order valence-electron chi connectivity index (χ2n) is 3.59. The third-order valence-electron chi connectivity index (χ3n) is 1.57. The van der Waals surface area contributed by atoms with E-state index in [4.69, 9.17) is 0 Å². The monoisotopic (exact) mass is 261 g/mol. The molecule has 0 fully saturated rings. The normalized spacial score (nSPS) is 11.6. The standard InChI is InChI=1S/C9H12IN/c1-9(2,3)7-5-4-6-11-8(7)10/h4-6H,1-3H3. The first-order chi connectivity index (χ1) is 5.02. The average molecular weight is 261 g/mol. The Morgan fingerprint density at radius 2 is 2.00 bits per heavy atom. The first kappa shape index (κ1) is 8.97. The van der Waals surface area contributed by atoms with Crippen molar-refractivity contribution in [3.8, 4) is 0 Å². The summed E-state index contributed by atoms with van der Waals surface area (Å²) in [6, 6.07) is 4.12. The van der Waals surface area contributed by atoms with E-state index >= 15 is 0 Å². The lowest BCUT2D eigenvalue weighted by Gasteiger charge is -2.19. The Morgan fingerprint density at radius 3 is 2.36 bits per heavy atom. The van der Waals surface area contributed by atoms with Crippen LogP contribution in [-0.4, -0.2) is 4.98 Å². The van der Waals surface area contributed by atoms with Crippen molar-refractivity contribution in [3.63, 3.8) is 0 Å². The van der Waals surface area contributed by atoms with Gasteiger partial charge in [0.2, 0.25) is 0 Å². The Kier molecular flexibility index (Phi) is 2.52. The molecule has 0 aliphatic rings. The van der Waals surface area contributed by atoms with Crippen LogP contribution in [0.2, 0.25) is 0 Å². The fourth-order valence-corrected chi connectivity index (χ4v) is 2.10. The molecule has 0 amide bonds. The second kappa shape index (κ2) is 3.09. The molecule has 1 rings (SSSR count). The third-order valence-corrected chi connectivity index (χ3v) is 2.43. The summed E-state index contributed by atoms with van der Waals surface area (Å²) >= 11 is 2.27. The zero-order valence-corrected chi connectivity index (χ0v) is 9.21. The van der Waals surface area contributed by atoms with Gasteiger partial charge in [0.1, 0.15) is 3.70 Å². The van der Waals surface area contributed by atoms with Gasteiger partial charge in [-0.05, 0) is 39.6 Å². The number of hydrogen-bond acceptors (Lipinski definition) is 1. The van der Waals surface area contributed by atoms with E-state index in [1.807, 2.05) is 12.3 Å². The summed E-state index contributed by atoms with van der Waals surface area (Å²) in [6.45, 7) is 6.60. The van der Waals surface area contributed by atoms with Gasteiger partial charge in [0.05, 0.1) is 0 Å². The van der Waals surface area contributed by atoms with Crippen molar-refractivity contribution < 1.29 is 0 Å². The van der Waals surface area contributed by atoms with E-state index in [-0.39, 0.29) is 5.41 Å². The van der Waals surface area contributed by atoms with Gasteiger partial charge >= 0.3 is 0 Å². The molecule has 0 aliphatic heterocycles. The van der Waals surface area contributed by atoms with Gasteiger partial charge in [0.15, 0.2) is 0 Å². The minimum Gasteiger partial charge on any atom is -0.250 e. The Hall–Kier alpha value is -0.120. The smallest absolute Gasteiger partial charge is 0.105 e. The van der Waals surface area contributed by atoms with Crippen LogP contribution in [0.5, 0.6) is 0 Å². The zero-order chi connectivity index (χ0) is 8.48. The van der Waals surface area contributed by atoms with Crippen LogP contribution in [0.4, 0.5) is 0 Å². The minimum atomic E-state index is 0.213. The van der Waals surface area contributed by atoms with Crippen LogP contribution in [0.3, 0.4) is 0 Å². The maximum Gasteiger partial charge on any atom is 0.105 e. The Balaban J connectivity index is 3.14. The Morgan fingerprint density at radius 1 is 1.36 bits per heavy atom. The summed E-state index contributed by atoms with van der Waals surface area (Å²) in [5, 5.41) is 0. The van der Waals surface area contributed by atoms with Crippen molar-refractivity contribution in [2.45, 2.75) is 26.2 Å². The van der Waals surface area contributed by atoms with Gasteiger partial charge < -0.3 is 0 Å². The van der Waals surface area contributed by atoms with Crippen LogP contribution in [0.25, 0.3) is 0 Å². The largest absolute Gasteiger partial charge is 0.250 e. The predicted molar refractivity (Wildman–Crippen MR) is 55.7 cm³/mol. The highest BCUT2D eigenvalue weighted by Crippen LogP contribution is 2.24. The SMILES string of the molecule is CC(C)(C)c1cccnc1I. The van der Waals surface area contributed by atoms with E-state index in [0.29, 0.717) is 0 Å². The van der Waals surface area contributed by atoms with Crippen molar-refractivity contribution in [2.75, 3.05) is 0 Å². The molecule has 11 heavy (non-hydrogen) atoms. The molecule has 0 unspecified atom stereocenters. The molecule has 0 radical (unpaired) electrons. The first-order valence-corrected chi connectivity index (χ1v) is 4.70. The Labute approximate surface area is 81.4 Å². The number of pyridine rings is 1. The van der Waals surface area contributed by atoms with Crippen LogP contribution >= 0.6 is 22.6 Å². The summed E-state index contributed by atoms with van der Waals surface area (Å²) in [4.78, 5) is 4.23. The van der Waals surface area contributed by atoms with Crippen molar-refractivity contribution in [1.82, 2.24) is 4.98 Å². The van der Waals surface area contributed by atoms with Crippen molar-refractivity contribution in [1.29, 1.82) is 0 Å². The molecule has 0 aromatic carbocycles. The molecule has 0 atom stereocenters. The first-order valence-electron chi connectivity index (χ1n) is 3.63. The fourth-order valence-electron chi connectivity index (χ4n) is 0.945. The van der Waals surface area contributed by atoms with Gasteiger partial charge in [0, 0.05) is 6.20 Å². The lowest BCUT2D eigenvalue weighted by Crippen LogP contribution is -2.13. The maximum atomic E-state index is 4.23. The van der Waals surface area contributed by atoms with E-state index in [2.05, 4.69) is 54.4 Å². The molecular weight excluding hydrogens is 249 g/mol. The summed E-state index contributed by atoms with van der Waals surface area (Å²) in [5.41, 5.74) is 1.53. The van der Waals surface area contributed by atoms with Gasteiger partial charge in [-0.1, -0.05) is 26.8 Å². The molecule has 1 aromatic rings. The van der Waals surface area contributed by atoms with Crippen LogP contribution in [0.1, 0.15) is 26.3 Å². The van der Waals surface area contributed by atoms with E-state index in [1.165, 1.54) is 5.56 Å². The lowest BCUT2D eigenvalue weighted by atomic mass is 9.88. The lowest BCUT2D eigenvalue weighted by molar-refractivity contribution is 0.583.